The molecule has 0 unspecified atom stereocenters. The molecule has 0 spiro atoms. The molecule has 2 rings (SSSR count). The van der Waals surface area contributed by atoms with Gasteiger partial charge < -0.3 is 5.73 Å². The van der Waals surface area contributed by atoms with E-state index in [1.54, 1.807) is 6.07 Å². The fraction of sp³-hybridized carbons (Fsp3) is 0. The average Bonchev–Trinajstić information content (AvgIpc) is 2.41. The maximum Gasteiger partial charge on any atom is 0.264 e. The minimum Gasteiger partial charge on any atom is -0.388 e. The second-order valence-corrected chi connectivity index (χ2v) is 6.21. The smallest absolute Gasteiger partial charge is 0.264 e. The number of rotatable bonds is 4. The van der Waals surface area contributed by atoms with Gasteiger partial charge in [0, 0.05) is 12.4 Å². The lowest BCUT2D eigenvalue weighted by Gasteiger charge is -2.08. The lowest BCUT2D eigenvalue weighted by molar-refractivity contribution is 0.600. The average molecular weight is 329 g/mol. The van der Waals surface area contributed by atoms with Crippen LogP contribution in [0.3, 0.4) is 0 Å². The number of thiocarbonyl (C=S) groups is 1. The first-order valence-electron chi connectivity index (χ1n) is 5.29. The van der Waals surface area contributed by atoms with Crippen molar-refractivity contribution < 1.29 is 8.42 Å². The van der Waals surface area contributed by atoms with E-state index in [0.717, 1.165) is 6.20 Å². The van der Waals surface area contributed by atoms with Crippen molar-refractivity contribution in [1.82, 2.24) is 9.97 Å². The summed E-state index contributed by atoms with van der Waals surface area (Å²) in [7, 11) is -3.82. The number of sulfonamides is 1. The van der Waals surface area contributed by atoms with E-state index in [2.05, 4.69) is 14.7 Å². The number of hydrogen-bond acceptors (Lipinski definition) is 5. The first-order valence-corrected chi connectivity index (χ1v) is 7.56. The number of hydrogen-bond donors (Lipinski definition) is 2. The molecule has 2 aromatic heterocycles. The monoisotopic (exact) mass is 328 g/mol. The summed E-state index contributed by atoms with van der Waals surface area (Å²) in [6.45, 7) is 0. The van der Waals surface area contributed by atoms with E-state index in [4.69, 9.17) is 29.6 Å². The van der Waals surface area contributed by atoms with E-state index in [0.29, 0.717) is 5.69 Å². The highest BCUT2D eigenvalue weighted by Gasteiger charge is 2.17. The van der Waals surface area contributed by atoms with Crippen LogP contribution < -0.4 is 10.5 Å². The van der Waals surface area contributed by atoms with Crippen LogP contribution in [0.25, 0.3) is 0 Å². The number of pyridine rings is 2. The van der Waals surface area contributed by atoms with Gasteiger partial charge in [-0.05, 0) is 24.3 Å². The normalized spacial score (nSPS) is 11.1. The van der Waals surface area contributed by atoms with Gasteiger partial charge in [0.25, 0.3) is 10.0 Å². The van der Waals surface area contributed by atoms with E-state index < -0.39 is 10.0 Å². The molecule has 104 valence electrons. The number of nitrogens with zero attached hydrogens (tertiary/aromatic N) is 2. The summed E-state index contributed by atoms with van der Waals surface area (Å²) in [5, 5.41) is 0.198. The van der Waals surface area contributed by atoms with Gasteiger partial charge in [-0.15, -0.1) is 0 Å². The minimum absolute atomic E-state index is 0.0424. The number of nitrogens with one attached hydrogen (secondary N) is 1. The summed E-state index contributed by atoms with van der Waals surface area (Å²) in [6, 6.07) is 5.90. The summed E-state index contributed by atoms with van der Waals surface area (Å²) in [5.74, 6) is 0.0487. The molecule has 20 heavy (non-hydrogen) atoms. The maximum atomic E-state index is 12.1. The highest BCUT2D eigenvalue weighted by atomic mass is 35.5. The van der Waals surface area contributed by atoms with Gasteiger partial charge in [-0.25, -0.2) is 13.4 Å². The second kappa shape index (κ2) is 5.70. The molecule has 0 amide bonds. The van der Waals surface area contributed by atoms with E-state index in [9.17, 15) is 8.42 Å². The van der Waals surface area contributed by atoms with Crippen molar-refractivity contribution in [3.05, 3.63) is 47.4 Å². The van der Waals surface area contributed by atoms with Crippen LogP contribution in [0.2, 0.25) is 5.02 Å². The van der Waals surface area contributed by atoms with Crippen LogP contribution in [0.5, 0.6) is 0 Å². The van der Waals surface area contributed by atoms with Crippen LogP contribution in [0, 0.1) is 0 Å². The Kier molecular flexibility index (Phi) is 4.17. The summed E-state index contributed by atoms with van der Waals surface area (Å²) in [5.41, 5.74) is 5.74. The van der Waals surface area contributed by atoms with Gasteiger partial charge in [-0.2, -0.15) is 0 Å². The van der Waals surface area contributed by atoms with E-state index in [1.165, 1.54) is 24.4 Å². The van der Waals surface area contributed by atoms with Gasteiger partial charge in [0.2, 0.25) is 0 Å². The van der Waals surface area contributed by atoms with Crippen molar-refractivity contribution in [2.45, 2.75) is 4.90 Å². The predicted octanol–water partition coefficient (Wildman–Crippen LogP) is 1.56. The Balaban J connectivity index is 2.31. The highest BCUT2D eigenvalue weighted by molar-refractivity contribution is 7.92. The van der Waals surface area contributed by atoms with Crippen molar-refractivity contribution in [3.8, 4) is 0 Å². The molecule has 0 saturated heterocycles. The van der Waals surface area contributed by atoms with Gasteiger partial charge in [0.15, 0.2) is 5.82 Å². The summed E-state index contributed by atoms with van der Waals surface area (Å²) in [4.78, 5) is 7.77. The van der Waals surface area contributed by atoms with Crippen molar-refractivity contribution >= 4 is 44.6 Å². The van der Waals surface area contributed by atoms with Gasteiger partial charge in [-0.1, -0.05) is 23.8 Å². The Hall–Kier alpha value is -1.77. The van der Waals surface area contributed by atoms with Crippen molar-refractivity contribution in [2.75, 3.05) is 4.72 Å². The van der Waals surface area contributed by atoms with Crippen LogP contribution in [-0.2, 0) is 10.0 Å². The fourth-order valence-corrected chi connectivity index (χ4v) is 2.65. The number of halogens is 1. The highest BCUT2D eigenvalue weighted by Crippen LogP contribution is 2.21. The molecule has 0 saturated carbocycles. The van der Waals surface area contributed by atoms with Gasteiger partial charge >= 0.3 is 0 Å². The number of aromatic nitrogens is 2. The molecule has 9 heteroatoms. The quantitative estimate of drug-likeness (QED) is 0.827. The van der Waals surface area contributed by atoms with E-state index in [1.807, 2.05) is 0 Å². The SMILES string of the molecule is NC(=S)c1ccc(S(=O)(=O)Nc2ncccc2Cl)cn1. The Labute approximate surface area is 126 Å². The van der Waals surface area contributed by atoms with E-state index in [-0.39, 0.29) is 20.7 Å². The molecule has 6 nitrogen and oxygen atoms in total. The van der Waals surface area contributed by atoms with Crippen molar-refractivity contribution in [2.24, 2.45) is 5.73 Å². The third-order valence-electron chi connectivity index (χ3n) is 2.29. The molecule has 2 heterocycles. The standard InChI is InChI=1S/C11H9ClN4O2S2/c12-8-2-1-5-14-11(8)16-20(17,18)7-3-4-9(10(13)19)15-6-7/h1-6H,(H2,13,19)(H,14,16). The predicted molar refractivity (Wildman–Crippen MR) is 80.2 cm³/mol. The van der Waals surface area contributed by atoms with Crippen LogP contribution >= 0.6 is 23.8 Å². The molecule has 0 aliphatic carbocycles. The molecule has 0 aromatic carbocycles. The molecule has 0 radical (unpaired) electrons. The topological polar surface area (TPSA) is 98.0 Å². The molecule has 2 aromatic rings. The van der Waals surface area contributed by atoms with Crippen LogP contribution in [-0.4, -0.2) is 23.4 Å². The van der Waals surface area contributed by atoms with Gasteiger partial charge in [0.05, 0.1) is 10.7 Å². The van der Waals surface area contributed by atoms with Gasteiger partial charge in [0.1, 0.15) is 9.88 Å². The summed E-state index contributed by atoms with van der Waals surface area (Å²) < 4.78 is 26.5. The Morgan fingerprint density at radius 2 is 2.05 bits per heavy atom. The number of nitrogens with two attached hydrogens (primary N) is 1. The summed E-state index contributed by atoms with van der Waals surface area (Å²) in [6.07, 6.45) is 2.59. The third kappa shape index (κ3) is 3.21. The largest absolute Gasteiger partial charge is 0.388 e. The molecule has 0 aliphatic rings. The van der Waals surface area contributed by atoms with Crippen molar-refractivity contribution in [3.63, 3.8) is 0 Å². The van der Waals surface area contributed by atoms with Crippen LogP contribution in [0.15, 0.2) is 41.6 Å². The first-order chi connectivity index (χ1) is 9.40. The maximum absolute atomic E-state index is 12.1. The molecule has 3 N–H and O–H groups in total. The fourth-order valence-electron chi connectivity index (χ4n) is 1.33. The molecule has 0 atom stereocenters. The lowest BCUT2D eigenvalue weighted by atomic mass is 10.3. The molecular formula is C11H9ClN4O2S2. The molecule has 0 aliphatic heterocycles. The lowest BCUT2D eigenvalue weighted by Crippen LogP contribution is -2.16. The Morgan fingerprint density at radius 3 is 2.60 bits per heavy atom. The molecule has 0 fully saturated rings. The molecule has 0 bridgehead atoms. The second-order valence-electron chi connectivity index (χ2n) is 3.68. The third-order valence-corrected chi connectivity index (χ3v) is 4.13. The van der Waals surface area contributed by atoms with Gasteiger partial charge in [-0.3, -0.25) is 9.71 Å². The Bertz CT molecular complexity index is 747. The van der Waals surface area contributed by atoms with Crippen LogP contribution in [0.4, 0.5) is 5.82 Å². The number of anilines is 1. The zero-order valence-corrected chi connectivity index (χ0v) is 12.3. The van der Waals surface area contributed by atoms with Crippen molar-refractivity contribution in [1.29, 1.82) is 0 Å². The Morgan fingerprint density at radius 1 is 1.30 bits per heavy atom. The minimum atomic E-state index is -3.82. The zero-order chi connectivity index (χ0) is 14.8. The summed E-state index contributed by atoms with van der Waals surface area (Å²) >= 11 is 10.6. The van der Waals surface area contributed by atoms with Crippen LogP contribution in [0.1, 0.15) is 5.69 Å². The first kappa shape index (κ1) is 14.6. The van der Waals surface area contributed by atoms with E-state index >= 15 is 0 Å². The zero-order valence-electron chi connectivity index (χ0n) is 9.95. The molecular weight excluding hydrogens is 320 g/mol.